The topological polar surface area (TPSA) is 45.4 Å². The van der Waals surface area contributed by atoms with Gasteiger partial charge in [-0.15, -0.1) is 0 Å². The summed E-state index contributed by atoms with van der Waals surface area (Å²) in [6.45, 7) is 7.77. The van der Waals surface area contributed by atoms with Gasteiger partial charge in [-0.2, -0.15) is 0 Å². The van der Waals surface area contributed by atoms with Crippen molar-refractivity contribution < 1.29 is 0 Å². The monoisotopic (exact) mass is 262 g/mol. The fourth-order valence-electron chi connectivity index (χ4n) is 3.04. The average molecular weight is 262 g/mol. The van der Waals surface area contributed by atoms with Crippen LogP contribution in [0.2, 0.25) is 0 Å². The highest BCUT2D eigenvalue weighted by molar-refractivity contribution is 5.18. The second-order valence-corrected chi connectivity index (χ2v) is 5.65. The second-order valence-electron chi connectivity index (χ2n) is 5.65. The van der Waals surface area contributed by atoms with E-state index in [1.54, 1.807) is 0 Å². The minimum absolute atomic E-state index is 0.174. The van der Waals surface area contributed by atoms with E-state index < -0.39 is 0 Å². The summed E-state index contributed by atoms with van der Waals surface area (Å²) in [5.41, 5.74) is 7.69. The molecule has 1 fully saturated rings. The maximum Gasteiger partial charge on any atom is 0.0504 e. The third kappa shape index (κ3) is 3.32. The van der Waals surface area contributed by atoms with E-state index in [-0.39, 0.29) is 6.04 Å². The molecule has 2 rings (SSSR count). The summed E-state index contributed by atoms with van der Waals surface area (Å²) < 4.78 is 0. The van der Waals surface area contributed by atoms with Crippen LogP contribution in [-0.2, 0) is 0 Å². The van der Waals surface area contributed by atoms with Crippen molar-refractivity contribution in [3.05, 3.63) is 30.1 Å². The molecule has 1 aromatic rings. The van der Waals surface area contributed by atoms with E-state index in [0.717, 1.165) is 26.1 Å². The Balaban J connectivity index is 2.23. The molecule has 19 heavy (non-hydrogen) atoms. The van der Waals surface area contributed by atoms with Crippen LogP contribution in [0.4, 0.5) is 0 Å². The molecule has 0 amide bonds. The predicted molar refractivity (Wildman–Crippen MR) is 78.9 cm³/mol. The van der Waals surface area contributed by atoms with E-state index in [1.165, 1.54) is 5.56 Å². The number of piperazine rings is 1. The van der Waals surface area contributed by atoms with Crippen molar-refractivity contribution in [1.29, 1.82) is 0 Å². The van der Waals surface area contributed by atoms with Gasteiger partial charge in [-0.25, -0.2) is 0 Å². The first kappa shape index (κ1) is 14.4. The quantitative estimate of drug-likeness (QED) is 0.893. The lowest BCUT2D eigenvalue weighted by atomic mass is 9.95. The van der Waals surface area contributed by atoms with Gasteiger partial charge in [0.1, 0.15) is 0 Å². The van der Waals surface area contributed by atoms with Gasteiger partial charge in [-0.1, -0.05) is 6.92 Å². The standard InChI is InChI=1S/C15H26N4/c1-4-14(16)15(13-5-7-17-8-6-13)19-10-9-18(3)11-12(19)2/h5-8,12,14-15H,4,9-11,16H2,1-3H3. The Morgan fingerprint density at radius 2 is 2.05 bits per heavy atom. The predicted octanol–water partition coefficient (Wildman–Crippen LogP) is 1.50. The molecular formula is C15H26N4. The fraction of sp³-hybridized carbons (Fsp3) is 0.667. The summed E-state index contributed by atoms with van der Waals surface area (Å²) in [5.74, 6) is 0. The molecule has 2 heterocycles. The minimum atomic E-state index is 0.174. The van der Waals surface area contributed by atoms with Crippen LogP contribution in [0.1, 0.15) is 31.9 Å². The number of aromatic nitrogens is 1. The maximum atomic E-state index is 6.40. The van der Waals surface area contributed by atoms with Crippen molar-refractivity contribution in [2.45, 2.75) is 38.4 Å². The molecule has 106 valence electrons. The Morgan fingerprint density at radius 3 is 2.63 bits per heavy atom. The van der Waals surface area contributed by atoms with E-state index in [2.05, 4.69) is 47.8 Å². The lowest BCUT2D eigenvalue weighted by Gasteiger charge is -2.45. The first-order valence-electron chi connectivity index (χ1n) is 7.23. The van der Waals surface area contributed by atoms with E-state index in [1.807, 2.05) is 12.4 Å². The highest BCUT2D eigenvalue weighted by Crippen LogP contribution is 2.28. The minimum Gasteiger partial charge on any atom is -0.326 e. The van der Waals surface area contributed by atoms with Crippen LogP contribution >= 0.6 is 0 Å². The zero-order chi connectivity index (χ0) is 13.8. The molecule has 0 aliphatic carbocycles. The van der Waals surface area contributed by atoms with Crippen LogP contribution in [0.5, 0.6) is 0 Å². The van der Waals surface area contributed by atoms with E-state index in [9.17, 15) is 0 Å². The number of nitrogens with zero attached hydrogens (tertiary/aromatic N) is 3. The van der Waals surface area contributed by atoms with Gasteiger partial charge >= 0.3 is 0 Å². The Labute approximate surface area is 116 Å². The molecular weight excluding hydrogens is 236 g/mol. The van der Waals surface area contributed by atoms with Crippen molar-refractivity contribution in [3.63, 3.8) is 0 Å². The van der Waals surface area contributed by atoms with Crippen LogP contribution in [0, 0.1) is 0 Å². The van der Waals surface area contributed by atoms with Crippen LogP contribution in [0.25, 0.3) is 0 Å². The summed E-state index contributed by atoms with van der Waals surface area (Å²) in [6, 6.07) is 5.22. The molecule has 3 atom stereocenters. The summed E-state index contributed by atoms with van der Waals surface area (Å²) in [4.78, 5) is 9.07. The molecule has 0 spiro atoms. The van der Waals surface area contributed by atoms with Gasteiger partial charge in [0, 0.05) is 44.1 Å². The third-order valence-corrected chi connectivity index (χ3v) is 4.16. The summed E-state index contributed by atoms with van der Waals surface area (Å²) in [6.07, 6.45) is 4.73. The van der Waals surface area contributed by atoms with Crippen LogP contribution in [0.3, 0.4) is 0 Å². The number of hydrogen-bond donors (Lipinski definition) is 1. The van der Waals surface area contributed by atoms with Gasteiger partial charge in [-0.3, -0.25) is 9.88 Å². The molecule has 4 nitrogen and oxygen atoms in total. The van der Waals surface area contributed by atoms with Crippen LogP contribution in [-0.4, -0.2) is 53.5 Å². The second kappa shape index (κ2) is 6.46. The Hall–Kier alpha value is -0.970. The van der Waals surface area contributed by atoms with Crippen molar-refractivity contribution >= 4 is 0 Å². The summed E-state index contributed by atoms with van der Waals surface area (Å²) in [5, 5.41) is 0. The average Bonchev–Trinajstić information content (AvgIpc) is 2.42. The molecule has 1 aliphatic heterocycles. The third-order valence-electron chi connectivity index (χ3n) is 4.16. The first-order valence-corrected chi connectivity index (χ1v) is 7.23. The number of hydrogen-bond acceptors (Lipinski definition) is 4. The van der Waals surface area contributed by atoms with Crippen LogP contribution in [0.15, 0.2) is 24.5 Å². The van der Waals surface area contributed by atoms with Crippen molar-refractivity contribution in [2.75, 3.05) is 26.7 Å². The van der Waals surface area contributed by atoms with E-state index in [4.69, 9.17) is 5.73 Å². The van der Waals surface area contributed by atoms with Crippen molar-refractivity contribution in [2.24, 2.45) is 5.73 Å². The van der Waals surface area contributed by atoms with Gasteiger partial charge in [0.15, 0.2) is 0 Å². The molecule has 1 aliphatic rings. The van der Waals surface area contributed by atoms with E-state index >= 15 is 0 Å². The van der Waals surface area contributed by atoms with Crippen LogP contribution < -0.4 is 5.73 Å². The molecule has 0 aromatic carbocycles. The lowest BCUT2D eigenvalue weighted by Crippen LogP contribution is -2.54. The molecule has 0 radical (unpaired) electrons. The number of pyridine rings is 1. The molecule has 3 unspecified atom stereocenters. The molecule has 2 N–H and O–H groups in total. The number of rotatable bonds is 4. The van der Waals surface area contributed by atoms with Gasteiger partial charge in [0.05, 0.1) is 6.04 Å². The van der Waals surface area contributed by atoms with E-state index in [0.29, 0.717) is 12.1 Å². The Kier molecular flexibility index (Phi) is 4.91. The summed E-state index contributed by atoms with van der Waals surface area (Å²) in [7, 11) is 2.19. The van der Waals surface area contributed by atoms with Gasteiger partial charge < -0.3 is 10.6 Å². The zero-order valence-corrected chi connectivity index (χ0v) is 12.3. The zero-order valence-electron chi connectivity index (χ0n) is 12.3. The van der Waals surface area contributed by atoms with Gasteiger partial charge in [-0.05, 0) is 38.1 Å². The Bertz CT molecular complexity index is 381. The first-order chi connectivity index (χ1) is 9.13. The van der Waals surface area contributed by atoms with Gasteiger partial charge in [0.2, 0.25) is 0 Å². The lowest BCUT2D eigenvalue weighted by molar-refractivity contribution is 0.0492. The number of nitrogens with two attached hydrogens (primary N) is 1. The molecule has 4 heteroatoms. The number of likely N-dealkylation sites (N-methyl/N-ethyl adjacent to an activating group) is 1. The normalized spacial score (nSPS) is 25.2. The molecule has 0 bridgehead atoms. The summed E-state index contributed by atoms with van der Waals surface area (Å²) >= 11 is 0. The van der Waals surface area contributed by atoms with Gasteiger partial charge in [0.25, 0.3) is 0 Å². The molecule has 0 saturated carbocycles. The highest BCUT2D eigenvalue weighted by Gasteiger charge is 2.32. The smallest absolute Gasteiger partial charge is 0.0504 e. The molecule has 1 saturated heterocycles. The Morgan fingerprint density at radius 1 is 1.37 bits per heavy atom. The van der Waals surface area contributed by atoms with Crippen molar-refractivity contribution in [1.82, 2.24) is 14.8 Å². The fourth-order valence-corrected chi connectivity index (χ4v) is 3.04. The van der Waals surface area contributed by atoms with Crippen molar-refractivity contribution in [3.8, 4) is 0 Å². The maximum absolute atomic E-state index is 6.40. The molecule has 1 aromatic heterocycles. The highest BCUT2D eigenvalue weighted by atomic mass is 15.3. The largest absolute Gasteiger partial charge is 0.326 e. The SMILES string of the molecule is CCC(N)C(c1ccncc1)N1CCN(C)CC1C.